The van der Waals surface area contributed by atoms with E-state index in [9.17, 15) is 9.59 Å². The summed E-state index contributed by atoms with van der Waals surface area (Å²) in [7, 11) is 0. The number of hydrogen-bond donors (Lipinski definition) is 3. The van der Waals surface area contributed by atoms with Gasteiger partial charge in [0.2, 0.25) is 17.8 Å². The van der Waals surface area contributed by atoms with Gasteiger partial charge in [-0.1, -0.05) is 48.0 Å². The Balaban J connectivity index is 1.30. The third-order valence-corrected chi connectivity index (χ3v) is 7.20. The highest BCUT2D eigenvalue weighted by atomic mass is 35.5. The van der Waals surface area contributed by atoms with Gasteiger partial charge in [0.25, 0.3) is 0 Å². The molecule has 39 heavy (non-hydrogen) atoms. The highest BCUT2D eigenvalue weighted by Crippen LogP contribution is 2.35. The summed E-state index contributed by atoms with van der Waals surface area (Å²) in [6.07, 6.45) is 11.8. The number of rotatable bonds is 7. The minimum atomic E-state index is -0.292. The zero-order chi connectivity index (χ0) is 27.2. The van der Waals surface area contributed by atoms with E-state index in [-0.39, 0.29) is 23.7 Å². The first-order valence-corrected chi connectivity index (χ1v) is 13.2. The van der Waals surface area contributed by atoms with Crippen LogP contribution in [-0.4, -0.2) is 34.9 Å². The summed E-state index contributed by atoms with van der Waals surface area (Å²) in [5.41, 5.74) is 9.75. The smallest absolute Gasteiger partial charge is 0.248 e. The average Bonchev–Trinajstić information content (AvgIpc) is 3.41. The molecule has 2 heterocycles. The van der Waals surface area contributed by atoms with Gasteiger partial charge in [0, 0.05) is 48.2 Å². The van der Waals surface area contributed by atoms with Crippen LogP contribution in [0.3, 0.4) is 0 Å². The zero-order valence-electron chi connectivity index (χ0n) is 21.3. The van der Waals surface area contributed by atoms with Crippen molar-refractivity contribution in [2.75, 3.05) is 29.0 Å². The molecular formula is C30H29ClN6O2. The summed E-state index contributed by atoms with van der Waals surface area (Å²) >= 11 is 6.08. The van der Waals surface area contributed by atoms with Crippen LogP contribution in [0, 0.1) is 5.92 Å². The van der Waals surface area contributed by atoms with Gasteiger partial charge in [0.15, 0.2) is 0 Å². The van der Waals surface area contributed by atoms with Crippen LogP contribution in [0.1, 0.15) is 29.9 Å². The number of nitrogen functional groups attached to an aromatic ring is 1. The number of carbonyl (C=O) groups is 2. The molecular weight excluding hydrogens is 512 g/mol. The molecule has 9 heteroatoms. The maximum Gasteiger partial charge on any atom is 0.248 e. The second kappa shape index (κ2) is 12.0. The van der Waals surface area contributed by atoms with E-state index in [1.165, 1.54) is 6.08 Å². The lowest BCUT2D eigenvalue weighted by Crippen LogP contribution is -2.34. The Morgan fingerprint density at radius 3 is 2.44 bits per heavy atom. The molecule has 0 bridgehead atoms. The summed E-state index contributed by atoms with van der Waals surface area (Å²) in [5.74, 6) is -0.0406. The lowest BCUT2D eigenvalue weighted by atomic mass is 9.87. The molecule has 8 nitrogen and oxygen atoms in total. The molecule has 3 aromatic rings. The molecule has 1 aromatic heterocycles. The van der Waals surface area contributed by atoms with E-state index in [0.717, 1.165) is 28.3 Å². The first kappa shape index (κ1) is 26.2. The van der Waals surface area contributed by atoms with Crippen molar-refractivity contribution in [1.82, 2.24) is 15.3 Å². The van der Waals surface area contributed by atoms with Gasteiger partial charge in [-0.2, -0.15) is 0 Å². The number of nitrogens with one attached hydrogen (secondary N) is 2. The predicted octanol–water partition coefficient (Wildman–Crippen LogP) is 4.85. The molecule has 4 N–H and O–H groups in total. The van der Waals surface area contributed by atoms with Crippen molar-refractivity contribution < 1.29 is 9.59 Å². The molecule has 0 saturated carbocycles. The Kier molecular flexibility index (Phi) is 8.03. The number of benzene rings is 2. The fourth-order valence-corrected chi connectivity index (χ4v) is 4.96. The minimum absolute atomic E-state index is 0.0306. The van der Waals surface area contributed by atoms with Crippen molar-refractivity contribution in [1.29, 1.82) is 0 Å². The molecule has 5 rings (SSSR count). The van der Waals surface area contributed by atoms with Gasteiger partial charge >= 0.3 is 0 Å². The van der Waals surface area contributed by atoms with Crippen molar-refractivity contribution in [2.45, 2.75) is 18.8 Å². The Labute approximate surface area is 232 Å². The molecule has 1 saturated heterocycles. The summed E-state index contributed by atoms with van der Waals surface area (Å²) in [5, 5.41) is 6.68. The third kappa shape index (κ3) is 6.53. The molecule has 0 spiro atoms. The number of hydrogen-bond acceptors (Lipinski definition) is 6. The van der Waals surface area contributed by atoms with Crippen molar-refractivity contribution in [3.63, 3.8) is 0 Å². The quantitative estimate of drug-likeness (QED) is 0.292. The average molecular weight is 541 g/mol. The highest BCUT2D eigenvalue weighted by molar-refractivity contribution is 6.29. The molecule has 1 aliphatic carbocycles. The van der Waals surface area contributed by atoms with Crippen LogP contribution in [0.2, 0.25) is 0 Å². The van der Waals surface area contributed by atoms with E-state index in [1.54, 1.807) is 36.7 Å². The Morgan fingerprint density at radius 2 is 1.72 bits per heavy atom. The SMILES string of the molecule is Nc1ccccc1NC(=O)/C=C/c1ccc(C2CN(c3ncccn3)CC2C(=O)NC2=CC=C(Cl)CC2)cc1. The molecule has 1 aliphatic heterocycles. The van der Waals surface area contributed by atoms with Crippen molar-refractivity contribution in [2.24, 2.45) is 5.92 Å². The van der Waals surface area contributed by atoms with Crippen LogP contribution >= 0.6 is 11.6 Å². The van der Waals surface area contributed by atoms with Crippen molar-refractivity contribution >= 4 is 46.8 Å². The third-order valence-electron chi connectivity index (χ3n) is 6.88. The van der Waals surface area contributed by atoms with E-state index in [2.05, 4.69) is 20.6 Å². The highest BCUT2D eigenvalue weighted by Gasteiger charge is 2.39. The van der Waals surface area contributed by atoms with E-state index in [0.29, 0.717) is 36.8 Å². The van der Waals surface area contributed by atoms with Crippen LogP contribution in [0.25, 0.3) is 6.08 Å². The standard InChI is InChI=1S/C30H29ClN6O2/c31-22-11-13-23(14-12-22)35-29(39)25-19-37(30-33-16-3-17-34-30)18-24(25)21-9-6-20(7-10-21)8-15-28(38)36-27-5-2-1-4-26(27)32/h1-11,13,15-17,24-25H,12,14,18-19,32H2,(H,35,39)(H,36,38)/b15-8+. The number of halogens is 1. The summed E-state index contributed by atoms with van der Waals surface area (Å²) in [4.78, 5) is 36.6. The lowest BCUT2D eigenvalue weighted by molar-refractivity contribution is -0.124. The van der Waals surface area contributed by atoms with E-state index in [4.69, 9.17) is 17.3 Å². The number of allylic oxidation sites excluding steroid dienone is 4. The molecule has 2 atom stereocenters. The Hall–Kier alpha value is -4.43. The number of aromatic nitrogens is 2. The van der Waals surface area contributed by atoms with Gasteiger partial charge in [-0.25, -0.2) is 9.97 Å². The molecule has 2 aliphatic rings. The van der Waals surface area contributed by atoms with Crippen LogP contribution < -0.4 is 21.3 Å². The van der Waals surface area contributed by atoms with Gasteiger partial charge < -0.3 is 21.3 Å². The molecule has 198 valence electrons. The van der Waals surface area contributed by atoms with Crippen LogP contribution in [0.4, 0.5) is 17.3 Å². The largest absolute Gasteiger partial charge is 0.397 e. The minimum Gasteiger partial charge on any atom is -0.397 e. The first-order valence-electron chi connectivity index (χ1n) is 12.8. The van der Waals surface area contributed by atoms with Crippen molar-refractivity contribution in [3.05, 3.63) is 107 Å². The van der Waals surface area contributed by atoms with Gasteiger partial charge in [0.05, 0.1) is 17.3 Å². The first-order chi connectivity index (χ1) is 19.0. The van der Waals surface area contributed by atoms with Gasteiger partial charge in [0.1, 0.15) is 0 Å². The van der Waals surface area contributed by atoms with Crippen molar-refractivity contribution in [3.8, 4) is 0 Å². The number of para-hydroxylation sites is 2. The molecule has 2 amide bonds. The molecule has 2 unspecified atom stereocenters. The van der Waals surface area contributed by atoms with Gasteiger partial charge in [-0.05, 0) is 60.4 Å². The number of nitrogens with two attached hydrogens (primary N) is 1. The Bertz CT molecular complexity index is 1440. The predicted molar refractivity (Wildman–Crippen MR) is 155 cm³/mol. The zero-order valence-corrected chi connectivity index (χ0v) is 22.0. The number of amides is 2. The van der Waals surface area contributed by atoms with Gasteiger partial charge in [-0.3, -0.25) is 9.59 Å². The maximum atomic E-state index is 13.4. The summed E-state index contributed by atoms with van der Waals surface area (Å²) in [6.45, 7) is 1.12. The maximum absolute atomic E-state index is 13.4. The molecule has 1 fully saturated rings. The van der Waals surface area contributed by atoms with Crippen LogP contribution in [0.15, 0.2) is 95.9 Å². The lowest BCUT2D eigenvalue weighted by Gasteiger charge is -2.20. The normalized spacial score (nSPS) is 18.9. The topological polar surface area (TPSA) is 113 Å². The monoisotopic (exact) mass is 540 g/mol. The Morgan fingerprint density at radius 1 is 0.949 bits per heavy atom. The summed E-state index contributed by atoms with van der Waals surface area (Å²) in [6, 6.07) is 16.8. The second-order valence-electron chi connectivity index (χ2n) is 9.54. The van der Waals surface area contributed by atoms with E-state index >= 15 is 0 Å². The number of carbonyl (C=O) groups excluding carboxylic acids is 2. The van der Waals surface area contributed by atoms with Gasteiger partial charge in [-0.15, -0.1) is 0 Å². The van der Waals surface area contributed by atoms with Crippen LogP contribution in [0.5, 0.6) is 0 Å². The molecule has 2 aromatic carbocycles. The molecule has 0 radical (unpaired) electrons. The van der Waals surface area contributed by atoms with E-state index < -0.39 is 0 Å². The summed E-state index contributed by atoms with van der Waals surface area (Å²) < 4.78 is 0. The number of anilines is 3. The number of nitrogens with zero attached hydrogens (tertiary/aromatic N) is 3. The van der Waals surface area contributed by atoms with Crippen LogP contribution in [-0.2, 0) is 9.59 Å². The second-order valence-corrected chi connectivity index (χ2v) is 10.0. The van der Waals surface area contributed by atoms with E-state index in [1.807, 2.05) is 53.5 Å². The fourth-order valence-electron chi connectivity index (χ4n) is 4.80. The fraction of sp³-hybridized carbons (Fsp3) is 0.200.